The van der Waals surface area contributed by atoms with E-state index in [2.05, 4.69) is 10.3 Å². The lowest BCUT2D eigenvalue weighted by Crippen LogP contribution is -2.06. The van der Waals surface area contributed by atoms with Crippen LogP contribution in [0.25, 0.3) is 0 Å². The molecule has 1 N–H and O–H groups in total. The van der Waals surface area contributed by atoms with Gasteiger partial charge in [-0.15, -0.1) is 0 Å². The number of ether oxygens (including phenoxy) is 2. The van der Waals surface area contributed by atoms with Crippen LogP contribution in [-0.4, -0.2) is 19.2 Å². The van der Waals surface area contributed by atoms with Crippen LogP contribution < -0.4 is 14.8 Å². The van der Waals surface area contributed by atoms with Gasteiger partial charge < -0.3 is 14.8 Å². The first kappa shape index (κ1) is 15.1. The number of nitrogens with zero attached hydrogens (tertiary/aromatic N) is 1. The molecule has 5 heteroatoms. The third kappa shape index (κ3) is 3.24. The highest BCUT2D eigenvalue weighted by molar-refractivity contribution is 5.48. The van der Waals surface area contributed by atoms with Gasteiger partial charge in [-0.3, -0.25) is 4.98 Å². The molecule has 0 saturated heterocycles. The average Bonchev–Trinajstić information content (AvgIpc) is 2.47. The van der Waals surface area contributed by atoms with E-state index in [1.807, 2.05) is 13.8 Å². The summed E-state index contributed by atoms with van der Waals surface area (Å²) in [5.74, 6) is 0.670. The molecule has 0 fully saturated rings. The Morgan fingerprint density at radius 1 is 1.19 bits per heavy atom. The van der Waals surface area contributed by atoms with Crippen molar-refractivity contribution in [1.29, 1.82) is 0 Å². The average molecular weight is 290 g/mol. The number of pyridine rings is 1. The zero-order valence-electron chi connectivity index (χ0n) is 12.7. The van der Waals surface area contributed by atoms with E-state index in [4.69, 9.17) is 9.47 Å². The van der Waals surface area contributed by atoms with Crippen LogP contribution in [0.4, 0.5) is 10.1 Å². The number of hydrogen-bond donors (Lipinski definition) is 1. The maximum Gasteiger partial charge on any atom is 0.167 e. The van der Waals surface area contributed by atoms with Gasteiger partial charge in [-0.05, 0) is 26.0 Å². The number of halogens is 1. The van der Waals surface area contributed by atoms with Crippen molar-refractivity contribution >= 4 is 5.69 Å². The minimum absolute atomic E-state index is 0.229. The summed E-state index contributed by atoms with van der Waals surface area (Å²) in [4.78, 5) is 4.40. The molecular formula is C16H19FN2O2. The van der Waals surface area contributed by atoms with E-state index in [9.17, 15) is 4.39 Å². The Bertz CT molecular complexity index is 644. The third-order valence-corrected chi connectivity index (χ3v) is 3.36. The van der Waals surface area contributed by atoms with E-state index >= 15 is 0 Å². The van der Waals surface area contributed by atoms with Gasteiger partial charge >= 0.3 is 0 Å². The molecule has 2 rings (SSSR count). The summed E-state index contributed by atoms with van der Waals surface area (Å²) in [7, 11) is 3.09. The van der Waals surface area contributed by atoms with Gasteiger partial charge in [0.25, 0.3) is 0 Å². The largest absolute Gasteiger partial charge is 0.496 e. The molecule has 1 aromatic carbocycles. The second kappa shape index (κ2) is 6.43. The van der Waals surface area contributed by atoms with Crippen LogP contribution in [-0.2, 0) is 6.54 Å². The molecule has 0 unspecified atom stereocenters. The van der Waals surface area contributed by atoms with Crippen molar-refractivity contribution in [2.75, 3.05) is 19.5 Å². The molecule has 0 aliphatic rings. The molecular weight excluding hydrogens is 271 g/mol. The lowest BCUT2D eigenvalue weighted by atomic mass is 10.1. The molecule has 0 atom stereocenters. The summed E-state index contributed by atoms with van der Waals surface area (Å²) in [6.07, 6.45) is 1.78. The predicted molar refractivity (Wildman–Crippen MR) is 80.5 cm³/mol. The van der Waals surface area contributed by atoms with Gasteiger partial charge in [0.2, 0.25) is 0 Å². The minimum Gasteiger partial charge on any atom is -0.496 e. The van der Waals surface area contributed by atoms with Crippen LogP contribution in [0.5, 0.6) is 11.5 Å². The number of methoxy groups -OCH3 is 2. The van der Waals surface area contributed by atoms with E-state index in [0.717, 1.165) is 22.6 Å². The lowest BCUT2D eigenvalue weighted by Gasteiger charge is -2.13. The third-order valence-electron chi connectivity index (χ3n) is 3.36. The zero-order valence-corrected chi connectivity index (χ0v) is 12.7. The summed E-state index contributed by atoms with van der Waals surface area (Å²) < 4.78 is 23.9. The second-order valence-electron chi connectivity index (χ2n) is 4.75. The van der Waals surface area contributed by atoms with E-state index in [-0.39, 0.29) is 5.75 Å². The minimum atomic E-state index is -0.395. The Morgan fingerprint density at radius 2 is 1.95 bits per heavy atom. The SMILES string of the molecule is COc1ccc(NCc2ncc(C)c(OC)c2C)cc1F. The Morgan fingerprint density at radius 3 is 2.57 bits per heavy atom. The molecule has 0 radical (unpaired) electrons. The molecule has 2 aromatic rings. The summed E-state index contributed by atoms with van der Waals surface area (Å²) >= 11 is 0. The van der Waals surface area contributed by atoms with Gasteiger partial charge in [-0.2, -0.15) is 0 Å². The Hall–Kier alpha value is -2.30. The molecule has 0 aliphatic heterocycles. The molecule has 112 valence electrons. The van der Waals surface area contributed by atoms with Crippen molar-refractivity contribution < 1.29 is 13.9 Å². The van der Waals surface area contributed by atoms with Gasteiger partial charge in [-0.25, -0.2) is 4.39 Å². The molecule has 0 saturated carbocycles. The highest BCUT2D eigenvalue weighted by atomic mass is 19.1. The number of rotatable bonds is 5. The molecule has 0 spiro atoms. The number of hydrogen-bond acceptors (Lipinski definition) is 4. The van der Waals surface area contributed by atoms with Gasteiger partial charge in [0, 0.05) is 29.1 Å². The molecule has 4 nitrogen and oxygen atoms in total. The number of aromatic nitrogens is 1. The fourth-order valence-electron chi connectivity index (χ4n) is 2.21. The highest BCUT2D eigenvalue weighted by Crippen LogP contribution is 2.25. The quantitative estimate of drug-likeness (QED) is 0.915. The number of anilines is 1. The molecule has 0 aliphatic carbocycles. The zero-order chi connectivity index (χ0) is 15.4. The van der Waals surface area contributed by atoms with E-state index < -0.39 is 5.82 Å². The lowest BCUT2D eigenvalue weighted by molar-refractivity contribution is 0.386. The van der Waals surface area contributed by atoms with Crippen LogP contribution in [0.3, 0.4) is 0 Å². The van der Waals surface area contributed by atoms with Crippen molar-refractivity contribution in [2.24, 2.45) is 0 Å². The number of aryl methyl sites for hydroxylation is 1. The maximum atomic E-state index is 13.6. The molecule has 0 amide bonds. The summed E-state index contributed by atoms with van der Waals surface area (Å²) in [5.41, 5.74) is 3.52. The topological polar surface area (TPSA) is 43.4 Å². The molecule has 1 heterocycles. The van der Waals surface area contributed by atoms with Crippen molar-refractivity contribution in [3.63, 3.8) is 0 Å². The summed E-state index contributed by atoms with van der Waals surface area (Å²) in [6.45, 7) is 4.41. The van der Waals surface area contributed by atoms with E-state index in [1.54, 1.807) is 25.4 Å². The highest BCUT2D eigenvalue weighted by Gasteiger charge is 2.10. The van der Waals surface area contributed by atoms with E-state index in [0.29, 0.717) is 12.2 Å². The van der Waals surface area contributed by atoms with Gasteiger partial charge in [-0.1, -0.05) is 0 Å². The molecule has 1 aromatic heterocycles. The fraction of sp³-hybridized carbons (Fsp3) is 0.312. The van der Waals surface area contributed by atoms with Crippen LogP contribution in [0.2, 0.25) is 0 Å². The fourth-order valence-corrected chi connectivity index (χ4v) is 2.21. The molecule has 0 bridgehead atoms. The van der Waals surface area contributed by atoms with Crippen LogP contribution in [0.15, 0.2) is 24.4 Å². The predicted octanol–water partition coefficient (Wildman–Crippen LogP) is 3.47. The second-order valence-corrected chi connectivity index (χ2v) is 4.75. The van der Waals surface area contributed by atoms with Crippen molar-refractivity contribution in [1.82, 2.24) is 4.98 Å². The number of nitrogens with one attached hydrogen (secondary N) is 1. The maximum absolute atomic E-state index is 13.6. The first-order valence-electron chi connectivity index (χ1n) is 6.63. The van der Waals surface area contributed by atoms with Gasteiger partial charge in [0.15, 0.2) is 11.6 Å². The van der Waals surface area contributed by atoms with Crippen molar-refractivity contribution in [3.8, 4) is 11.5 Å². The van der Waals surface area contributed by atoms with Crippen LogP contribution in [0.1, 0.15) is 16.8 Å². The van der Waals surface area contributed by atoms with Crippen molar-refractivity contribution in [2.45, 2.75) is 20.4 Å². The smallest absolute Gasteiger partial charge is 0.167 e. The number of benzene rings is 1. The Kier molecular flexibility index (Phi) is 4.62. The first-order valence-corrected chi connectivity index (χ1v) is 6.63. The Labute approximate surface area is 123 Å². The van der Waals surface area contributed by atoms with Crippen LogP contribution >= 0.6 is 0 Å². The standard InChI is InChI=1S/C16H19FN2O2/c1-10-8-19-14(11(2)16(10)21-4)9-18-12-5-6-15(20-3)13(17)7-12/h5-8,18H,9H2,1-4H3. The summed E-state index contributed by atoms with van der Waals surface area (Å²) in [6, 6.07) is 4.76. The van der Waals surface area contributed by atoms with Gasteiger partial charge in [0.05, 0.1) is 26.5 Å². The van der Waals surface area contributed by atoms with Gasteiger partial charge in [0.1, 0.15) is 5.75 Å². The first-order chi connectivity index (χ1) is 10.1. The summed E-state index contributed by atoms with van der Waals surface area (Å²) in [5, 5.41) is 3.15. The monoisotopic (exact) mass is 290 g/mol. The normalized spacial score (nSPS) is 10.3. The van der Waals surface area contributed by atoms with Crippen LogP contribution in [0, 0.1) is 19.7 Å². The van der Waals surface area contributed by atoms with E-state index in [1.165, 1.54) is 13.2 Å². The Balaban J connectivity index is 2.15. The molecule has 21 heavy (non-hydrogen) atoms. The van der Waals surface area contributed by atoms with Crippen molar-refractivity contribution in [3.05, 3.63) is 47.0 Å².